The Bertz CT molecular complexity index is 3790. The first-order valence-electron chi connectivity index (χ1n) is 49.8. The second-order valence-electron chi connectivity index (χ2n) is 35.6. The van der Waals surface area contributed by atoms with Crippen molar-refractivity contribution in [2.24, 2.45) is 29.0 Å². The van der Waals surface area contributed by atoms with Crippen LogP contribution in [0.3, 0.4) is 0 Å². The molecule has 0 heterocycles. The van der Waals surface area contributed by atoms with Gasteiger partial charge in [0.15, 0.2) is 0 Å². The van der Waals surface area contributed by atoms with Gasteiger partial charge in [-0.15, -0.1) is 0 Å². The summed E-state index contributed by atoms with van der Waals surface area (Å²) < 4.78 is 0. The summed E-state index contributed by atoms with van der Waals surface area (Å²) in [4.78, 5) is 184. The molecule has 4 aromatic carbocycles. The van der Waals surface area contributed by atoms with Crippen LogP contribution in [0.5, 0.6) is 0 Å². The van der Waals surface area contributed by atoms with Crippen molar-refractivity contribution < 1.29 is 52.7 Å². The van der Waals surface area contributed by atoms with Crippen LogP contribution in [-0.4, -0.2) is 335 Å². The number of unbranched alkanes of at least 4 members (excludes halogenated alkanes) is 16. The molecule has 8 N–H and O–H groups in total. The van der Waals surface area contributed by atoms with E-state index in [0.29, 0.717) is 64.6 Å². The molecular weight excluding hydrogens is 1650 g/mol. The maximum absolute atomic E-state index is 15.8. The van der Waals surface area contributed by atoms with E-state index in [1.807, 2.05) is 147 Å². The predicted molar refractivity (Wildman–Crippen MR) is 527 cm³/mol. The van der Waals surface area contributed by atoms with Gasteiger partial charge in [-0.2, -0.15) is 0 Å². The highest BCUT2D eigenvalue weighted by Gasteiger charge is 2.34. The Hall–Kier alpha value is -9.19. The molecular formula is C103H171N17O11. The molecule has 0 spiro atoms. The summed E-state index contributed by atoms with van der Waals surface area (Å²) in [6.07, 6.45) is 24.0. The van der Waals surface area contributed by atoms with E-state index in [-0.39, 0.29) is 128 Å². The number of nitrogens with two attached hydrogens (primary N) is 3. The third-order valence-corrected chi connectivity index (χ3v) is 24.8. The fourth-order valence-electron chi connectivity index (χ4n) is 16.3. The molecule has 2 unspecified atom stereocenters. The van der Waals surface area contributed by atoms with Gasteiger partial charge in [0, 0.05) is 118 Å². The summed E-state index contributed by atoms with van der Waals surface area (Å²) in [5.41, 5.74) is 21.9. The molecule has 0 radical (unpaired) electrons. The van der Waals surface area contributed by atoms with Crippen molar-refractivity contribution in [3.05, 3.63) is 144 Å². The maximum Gasteiger partial charge on any atom is 0.242 e. The van der Waals surface area contributed by atoms with E-state index in [4.69, 9.17) is 17.2 Å². The van der Waals surface area contributed by atoms with E-state index in [2.05, 4.69) is 57.1 Å². The average Bonchev–Trinajstić information content (AvgIpc) is 0.850. The summed E-state index contributed by atoms with van der Waals surface area (Å²) in [5.74, 6) is -5.35. The average molecular weight is 1820 g/mol. The Balaban J connectivity index is 1.79. The normalized spacial score (nSPS) is 11.7. The number of carbonyl (C=O) groups excluding carboxylic acids is 11. The van der Waals surface area contributed by atoms with Crippen molar-refractivity contribution >= 4 is 65.0 Å². The Labute approximate surface area is 787 Å². The molecule has 734 valence electrons. The number of amides is 11. The molecule has 28 nitrogen and oxygen atoms in total. The molecule has 28 heteroatoms. The van der Waals surface area contributed by atoms with E-state index in [1.54, 1.807) is 9.80 Å². The zero-order valence-corrected chi connectivity index (χ0v) is 82.1. The van der Waals surface area contributed by atoms with Gasteiger partial charge in [0.2, 0.25) is 65.0 Å². The minimum atomic E-state index is -0.645. The Morgan fingerprint density at radius 3 is 0.786 bits per heavy atom. The van der Waals surface area contributed by atoms with Crippen molar-refractivity contribution in [2.45, 2.75) is 221 Å². The van der Waals surface area contributed by atoms with Crippen LogP contribution in [0.15, 0.2) is 121 Å². The number of likely N-dealkylation sites (N-methyl/N-ethyl adjacent to an activating group) is 3. The fourth-order valence-corrected chi connectivity index (χ4v) is 16.3. The van der Waals surface area contributed by atoms with E-state index >= 15 is 33.6 Å². The standard InChI is InChI=1S/C103H171N17O11/c1-10-16-20-22-24-26-28-42-62-111(85-103(131)120(75-88(15-6)45-19-13-4)86-101(129)112(63-43-29-27-25-23-21-17-11-2)84-102(130)119(76-93(106)121)74-87(14-5)44-18-12-3)95(123)78-113(64-54-89-46-34-30-35-47-89)96(124)79-115(66-56-91-50-38-32-39-51-91)99(127)83-118(69-59-105)100(128)81-116(67-57-92-52-40-33-41-53-92)97(125)80-114(65-55-90-48-36-31-37-49-90)98(126)82-117(68-58-104)94(122)77-109(9)72-73-110(70-60-107-7)71-61-108-8/h30-41,46-53,87-88,107-108H,10-29,42-45,54-86,104-105H2,1-9H3,(H2,106,121). The lowest BCUT2D eigenvalue weighted by Crippen LogP contribution is -2.54. The van der Waals surface area contributed by atoms with Crippen LogP contribution in [0.4, 0.5) is 0 Å². The molecule has 0 aromatic heterocycles. The predicted octanol–water partition coefficient (Wildman–Crippen LogP) is 10.0. The van der Waals surface area contributed by atoms with Gasteiger partial charge in [-0.25, -0.2) is 0 Å². The third kappa shape index (κ3) is 49.4. The van der Waals surface area contributed by atoms with Crippen LogP contribution in [0.25, 0.3) is 0 Å². The molecule has 0 fully saturated rings. The van der Waals surface area contributed by atoms with Gasteiger partial charge >= 0.3 is 0 Å². The minimum absolute atomic E-state index is 0.00282. The van der Waals surface area contributed by atoms with E-state index in [9.17, 15) is 19.2 Å². The Morgan fingerprint density at radius 2 is 0.519 bits per heavy atom. The topological polar surface area (TPSA) is 329 Å². The smallest absolute Gasteiger partial charge is 0.242 e. The van der Waals surface area contributed by atoms with E-state index < -0.39 is 92.4 Å². The van der Waals surface area contributed by atoms with Crippen LogP contribution in [0, 0.1) is 11.8 Å². The number of hydrogen-bond acceptors (Lipinski definition) is 17. The molecule has 0 aliphatic carbocycles. The zero-order valence-electron chi connectivity index (χ0n) is 82.1. The number of hydrogen-bond donors (Lipinski definition) is 5. The molecule has 0 aliphatic rings. The Kier molecular flexibility index (Phi) is 61.4. The fraction of sp³-hybridized carbons (Fsp3) is 0.660. The lowest BCUT2D eigenvalue weighted by atomic mass is 9.98. The molecule has 4 aromatic rings. The maximum atomic E-state index is 15.8. The van der Waals surface area contributed by atoms with Gasteiger partial charge in [0.05, 0.1) is 72.0 Å². The van der Waals surface area contributed by atoms with E-state index in [1.165, 1.54) is 45.6 Å². The van der Waals surface area contributed by atoms with Gasteiger partial charge in [-0.05, 0) is 107 Å². The van der Waals surface area contributed by atoms with Crippen LogP contribution in [0.1, 0.15) is 218 Å². The first kappa shape index (κ1) is 114. The highest BCUT2D eigenvalue weighted by atomic mass is 16.2. The number of nitrogens with zero attached hydrogens (tertiary/aromatic N) is 12. The second-order valence-corrected chi connectivity index (χ2v) is 35.6. The largest absolute Gasteiger partial charge is 0.368 e. The van der Waals surface area contributed by atoms with Gasteiger partial charge in [-0.3, -0.25) is 62.5 Å². The van der Waals surface area contributed by atoms with Crippen molar-refractivity contribution in [3.8, 4) is 0 Å². The third-order valence-electron chi connectivity index (χ3n) is 24.8. The van der Waals surface area contributed by atoms with Gasteiger partial charge < -0.3 is 76.8 Å². The minimum Gasteiger partial charge on any atom is -0.368 e. The summed E-state index contributed by atoms with van der Waals surface area (Å²) in [5, 5.41) is 6.42. The quantitative estimate of drug-likeness (QED) is 0.0257. The molecule has 2 atom stereocenters. The summed E-state index contributed by atoms with van der Waals surface area (Å²) in [7, 11) is 5.70. The summed E-state index contributed by atoms with van der Waals surface area (Å²) >= 11 is 0. The number of primary amides is 1. The Morgan fingerprint density at radius 1 is 0.275 bits per heavy atom. The van der Waals surface area contributed by atoms with Crippen molar-refractivity contribution in [1.29, 1.82) is 0 Å². The number of benzene rings is 4. The van der Waals surface area contributed by atoms with Crippen molar-refractivity contribution in [1.82, 2.24) is 69.4 Å². The van der Waals surface area contributed by atoms with Gasteiger partial charge in [-0.1, -0.05) is 291 Å². The van der Waals surface area contributed by atoms with Crippen molar-refractivity contribution in [2.75, 3.05) is 211 Å². The van der Waals surface area contributed by atoms with Crippen LogP contribution in [-0.2, 0) is 78.4 Å². The first-order valence-corrected chi connectivity index (χ1v) is 49.8. The second kappa shape index (κ2) is 70.5. The monoisotopic (exact) mass is 1820 g/mol. The van der Waals surface area contributed by atoms with E-state index in [0.717, 1.165) is 177 Å². The van der Waals surface area contributed by atoms with Crippen molar-refractivity contribution in [3.63, 3.8) is 0 Å². The zero-order chi connectivity index (χ0) is 95.6. The van der Waals surface area contributed by atoms with Crippen LogP contribution >= 0.6 is 0 Å². The first-order chi connectivity index (χ1) is 63.5. The van der Waals surface area contributed by atoms with Gasteiger partial charge in [0.25, 0.3) is 0 Å². The number of rotatable bonds is 77. The van der Waals surface area contributed by atoms with Gasteiger partial charge in [0.1, 0.15) is 0 Å². The van der Waals surface area contributed by atoms with Crippen LogP contribution < -0.4 is 27.8 Å². The molecule has 131 heavy (non-hydrogen) atoms. The summed E-state index contributed by atoms with van der Waals surface area (Å²) in [6, 6.07) is 38.1. The number of carbonyl (C=O) groups is 11. The molecule has 0 saturated heterocycles. The molecule has 11 amide bonds. The highest BCUT2D eigenvalue weighted by Crippen LogP contribution is 2.21. The highest BCUT2D eigenvalue weighted by molar-refractivity contribution is 5.95. The SMILES string of the molecule is CCCCCCCCCCN(CC(=O)N(CC(=O)N(CCCCCCCCCC)CC(=O)N(CC(N)=O)CC(CC)CCCC)CC(CC)CCCC)C(=O)CN(CCc1ccccc1)C(=O)CN(CCc1ccccc1)C(=O)CN(CCN)C(=O)CN(CCc1ccccc1)C(=O)CN(CCc1ccccc1)C(=O)CN(CCN)C(=O)CN(C)CCN(CCNC)CCNC. The molecule has 0 saturated carbocycles. The lowest BCUT2D eigenvalue weighted by molar-refractivity contribution is -0.149. The van der Waals surface area contributed by atoms with Crippen LogP contribution in [0.2, 0.25) is 0 Å². The molecule has 0 bridgehead atoms. The lowest BCUT2D eigenvalue weighted by Gasteiger charge is -2.34. The molecule has 4 rings (SSSR count). The number of nitrogens with one attached hydrogen (secondary N) is 2. The summed E-state index contributed by atoms with van der Waals surface area (Å²) in [6.45, 7) is 14.4. The molecule has 0 aliphatic heterocycles.